The van der Waals surface area contributed by atoms with Gasteiger partial charge in [-0.3, -0.25) is 0 Å². The number of carbonyl (C=O) groups excluding carboxylic acids is 1. The minimum Gasteiger partial charge on any atom is -0.318 e. The Morgan fingerprint density at radius 2 is 1.93 bits per heavy atom. The predicted molar refractivity (Wildman–Crippen MR) is 50.3 cm³/mol. The van der Waals surface area contributed by atoms with Crippen LogP contribution in [0.1, 0.15) is 19.4 Å². The molecule has 0 heterocycles. The molecule has 0 aliphatic heterocycles. The number of carbonyl (C=O) groups is 1. The second-order valence-electron chi connectivity index (χ2n) is 2.89. The molecule has 0 aromatic heterocycles. The Balaban J connectivity index is 2.91. The summed E-state index contributed by atoms with van der Waals surface area (Å²) >= 11 is 0. The van der Waals surface area contributed by atoms with Crippen molar-refractivity contribution in [1.29, 1.82) is 0 Å². The smallest absolute Gasteiger partial charge is 0.318 e. The minimum atomic E-state index is -0.968. The lowest BCUT2D eigenvalue weighted by Crippen LogP contribution is -2.00. The van der Waals surface area contributed by atoms with Crippen LogP contribution in [-0.2, 0) is 9.63 Å². The fourth-order valence-corrected chi connectivity index (χ4v) is 0.907. The van der Waals surface area contributed by atoms with Crippen molar-refractivity contribution in [2.24, 2.45) is 5.16 Å². The quantitative estimate of drug-likeness (QED) is 0.429. The largest absolute Gasteiger partial charge is 0.331 e. The number of rotatable bonds is 2. The summed E-state index contributed by atoms with van der Waals surface area (Å²) in [6.45, 7) is 2.72. The molecule has 15 heavy (non-hydrogen) atoms. The maximum atomic E-state index is 12.8. The van der Waals surface area contributed by atoms with Crippen molar-refractivity contribution in [3.63, 3.8) is 0 Å². The van der Waals surface area contributed by atoms with Crippen LogP contribution < -0.4 is 0 Å². The highest BCUT2D eigenvalue weighted by atomic mass is 19.2. The van der Waals surface area contributed by atoms with Gasteiger partial charge >= 0.3 is 5.97 Å². The molecule has 0 aliphatic rings. The van der Waals surface area contributed by atoms with Crippen molar-refractivity contribution in [1.82, 2.24) is 0 Å². The van der Waals surface area contributed by atoms with Gasteiger partial charge in [0.25, 0.3) is 0 Å². The maximum absolute atomic E-state index is 12.8. The van der Waals surface area contributed by atoms with E-state index in [-0.39, 0.29) is 0 Å². The molecule has 0 bridgehead atoms. The number of oxime groups is 1. The molecule has 0 fully saturated rings. The first-order valence-corrected chi connectivity index (χ1v) is 4.18. The summed E-state index contributed by atoms with van der Waals surface area (Å²) in [5.41, 5.74) is 0.652. The Morgan fingerprint density at radius 3 is 2.47 bits per heavy atom. The molecule has 1 aromatic rings. The third kappa shape index (κ3) is 3.12. The van der Waals surface area contributed by atoms with E-state index in [9.17, 15) is 13.6 Å². The van der Waals surface area contributed by atoms with Crippen molar-refractivity contribution < 1.29 is 18.4 Å². The van der Waals surface area contributed by atoms with Gasteiger partial charge in [-0.2, -0.15) is 0 Å². The van der Waals surface area contributed by atoms with Crippen molar-refractivity contribution in [2.45, 2.75) is 13.8 Å². The number of halogens is 2. The molecule has 3 nitrogen and oxygen atoms in total. The van der Waals surface area contributed by atoms with Crippen molar-refractivity contribution >= 4 is 11.7 Å². The van der Waals surface area contributed by atoms with Gasteiger partial charge in [0.15, 0.2) is 11.6 Å². The Bertz CT molecular complexity index is 416. The van der Waals surface area contributed by atoms with Gasteiger partial charge in [0.1, 0.15) is 0 Å². The first-order chi connectivity index (χ1) is 7.00. The van der Waals surface area contributed by atoms with Crippen LogP contribution in [0.4, 0.5) is 8.78 Å². The highest BCUT2D eigenvalue weighted by molar-refractivity contribution is 5.98. The molecule has 1 aromatic carbocycles. The zero-order chi connectivity index (χ0) is 11.4. The van der Waals surface area contributed by atoms with Gasteiger partial charge in [0.05, 0.1) is 5.71 Å². The number of nitrogens with zero attached hydrogens (tertiary/aromatic N) is 1. The highest BCUT2D eigenvalue weighted by Gasteiger charge is 2.05. The summed E-state index contributed by atoms with van der Waals surface area (Å²) in [6.07, 6.45) is 0. The molecule has 0 radical (unpaired) electrons. The topological polar surface area (TPSA) is 38.7 Å². The van der Waals surface area contributed by atoms with Crippen molar-refractivity contribution in [2.75, 3.05) is 0 Å². The van der Waals surface area contributed by atoms with E-state index in [0.717, 1.165) is 12.1 Å². The van der Waals surface area contributed by atoms with Gasteiger partial charge < -0.3 is 4.84 Å². The molecule has 1 rings (SSSR count). The van der Waals surface area contributed by atoms with E-state index in [1.807, 2.05) is 0 Å². The van der Waals surface area contributed by atoms with Crippen LogP contribution >= 0.6 is 0 Å². The lowest BCUT2D eigenvalue weighted by atomic mass is 10.1. The second kappa shape index (κ2) is 4.63. The lowest BCUT2D eigenvalue weighted by molar-refractivity contribution is -0.140. The summed E-state index contributed by atoms with van der Waals surface area (Å²) in [7, 11) is 0. The maximum Gasteiger partial charge on any atom is 0.331 e. The summed E-state index contributed by atoms with van der Waals surface area (Å²) in [5.74, 6) is -2.47. The molecule has 5 heteroatoms. The third-order valence-electron chi connectivity index (χ3n) is 1.65. The summed E-state index contributed by atoms with van der Waals surface area (Å²) < 4.78 is 25.4. The fraction of sp³-hybridized carbons (Fsp3) is 0.200. The standard InChI is InChI=1S/C10H9F2NO2/c1-6(13-15-7(2)14)8-3-4-9(11)10(12)5-8/h3-5H,1-2H3/b13-6+. The van der Waals surface area contributed by atoms with Crippen LogP contribution in [0.3, 0.4) is 0 Å². The third-order valence-corrected chi connectivity index (χ3v) is 1.65. The molecule has 0 atom stereocenters. The van der Waals surface area contributed by atoms with Gasteiger partial charge in [0, 0.05) is 12.5 Å². The predicted octanol–water partition coefficient (Wildman–Crippen LogP) is 2.25. The van der Waals surface area contributed by atoms with Gasteiger partial charge in [-0.1, -0.05) is 5.16 Å². The van der Waals surface area contributed by atoms with E-state index in [0.29, 0.717) is 11.3 Å². The van der Waals surface area contributed by atoms with Crippen molar-refractivity contribution in [3.05, 3.63) is 35.4 Å². The summed E-state index contributed by atoms with van der Waals surface area (Å²) in [5, 5.41) is 3.44. The van der Waals surface area contributed by atoms with E-state index < -0.39 is 17.6 Å². The number of hydrogen-bond acceptors (Lipinski definition) is 3. The lowest BCUT2D eigenvalue weighted by Gasteiger charge is -2.00. The Morgan fingerprint density at radius 1 is 1.27 bits per heavy atom. The molecule has 0 saturated heterocycles. The average molecular weight is 213 g/mol. The monoisotopic (exact) mass is 213 g/mol. The van der Waals surface area contributed by atoms with E-state index in [1.165, 1.54) is 19.9 Å². The molecule has 0 unspecified atom stereocenters. The Kier molecular flexibility index (Phi) is 3.49. The van der Waals surface area contributed by atoms with Crippen LogP contribution in [0.25, 0.3) is 0 Å². The van der Waals surface area contributed by atoms with E-state index in [4.69, 9.17) is 0 Å². The Labute approximate surface area is 85.3 Å². The first kappa shape index (κ1) is 11.3. The molecule has 0 N–H and O–H groups in total. The van der Waals surface area contributed by atoms with Crippen LogP contribution in [0, 0.1) is 11.6 Å². The van der Waals surface area contributed by atoms with Crippen LogP contribution in [0.5, 0.6) is 0 Å². The Hall–Kier alpha value is -1.78. The first-order valence-electron chi connectivity index (χ1n) is 4.18. The van der Waals surface area contributed by atoms with E-state index in [1.54, 1.807) is 0 Å². The summed E-state index contributed by atoms with van der Waals surface area (Å²) in [6, 6.07) is 3.32. The second-order valence-corrected chi connectivity index (χ2v) is 2.89. The van der Waals surface area contributed by atoms with Crippen LogP contribution in [0.15, 0.2) is 23.4 Å². The van der Waals surface area contributed by atoms with Crippen molar-refractivity contribution in [3.8, 4) is 0 Å². The SMILES string of the molecule is CC(=O)O/N=C(\C)c1ccc(F)c(F)c1. The molecule has 0 saturated carbocycles. The zero-order valence-corrected chi connectivity index (χ0v) is 8.25. The van der Waals surface area contributed by atoms with Crippen LogP contribution in [-0.4, -0.2) is 11.7 Å². The summed E-state index contributed by atoms with van der Waals surface area (Å²) in [4.78, 5) is 14.8. The highest BCUT2D eigenvalue weighted by Crippen LogP contribution is 2.09. The molecular formula is C10H9F2NO2. The fourth-order valence-electron chi connectivity index (χ4n) is 0.907. The number of benzene rings is 1. The van der Waals surface area contributed by atoms with Gasteiger partial charge in [-0.25, -0.2) is 13.6 Å². The number of hydrogen-bond donors (Lipinski definition) is 0. The van der Waals surface area contributed by atoms with Crippen LogP contribution in [0.2, 0.25) is 0 Å². The van der Waals surface area contributed by atoms with E-state index in [2.05, 4.69) is 9.99 Å². The van der Waals surface area contributed by atoms with Gasteiger partial charge in [0.2, 0.25) is 0 Å². The molecule has 0 spiro atoms. The van der Waals surface area contributed by atoms with Gasteiger partial charge in [-0.15, -0.1) is 0 Å². The molecule has 0 amide bonds. The van der Waals surface area contributed by atoms with E-state index >= 15 is 0 Å². The van der Waals surface area contributed by atoms with Gasteiger partial charge in [-0.05, 0) is 25.1 Å². The molecular weight excluding hydrogens is 204 g/mol. The average Bonchev–Trinajstić information content (AvgIpc) is 2.18. The molecule has 80 valence electrons. The zero-order valence-electron chi connectivity index (χ0n) is 8.25. The molecule has 0 aliphatic carbocycles. The minimum absolute atomic E-state index is 0.295. The normalized spacial score (nSPS) is 11.3.